The van der Waals surface area contributed by atoms with Crippen LogP contribution in [0.25, 0.3) is 6.08 Å². The van der Waals surface area contributed by atoms with Crippen molar-refractivity contribution in [2.45, 2.75) is 13.8 Å². The van der Waals surface area contributed by atoms with Crippen LogP contribution in [0.2, 0.25) is 0 Å². The molecule has 3 amide bonds. The molecule has 0 unspecified atom stereocenters. The Kier molecular flexibility index (Phi) is 4.53. The maximum Gasteiger partial charge on any atom is 0.340 e. The molecule has 0 aliphatic carbocycles. The van der Waals surface area contributed by atoms with E-state index in [-0.39, 0.29) is 11.9 Å². The summed E-state index contributed by atoms with van der Waals surface area (Å²) >= 11 is 0. The van der Waals surface area contributed by atoms with Crippen LogP contribution < -0.4 is 9.80 Å². The van der Waals surface area contributed by atoms with Crippen molar-refractivity contribution in [3.63, 3.8) is 0 Å². The molecular formula is C24H20N2O2. The van der Waals surface area contributed by atoms with Crippen LogP contribution in [0.4, 0.5) is 16.2 Å². The third-order valence-corrected chi connectivity index (χ3v) is 4.73. The fourth-order valence-corrected chi connectivity index (χ4v) is 3.20. The molecule has 1 aliphatic heterocycles. The van der Waals surface area contributed by atoms with Crippen molar-refractivity contribution < 1.29 is 9.59 Å². The van der Waals surface area contributed by atoms with Crippen LogP contribution >= 0.6 is 0 Å². The quantitative estimate of drug-likeness (QED) is 0.464. The van der Waals surface area contributed by atoms with Gasteiger partial charge in [0.2, 0.25) is 0 Å². The maximum atomic E-state index is 13.3. The van der Waals surface area contributed by atoms with Gasteiger partial charge in [-0.1, -0.05) is 65.7 Å². The smallest absolute Gasteiger partial charge is 0.266 e. The Morgan fingerprint density at radius 2 is 1.14 bits per heavy atom. The van der Waals surface area contributed by atoms with Crippen LogP contribution in [-0.4, -0.2) is 11.9 Å². The van der Waals surface area contributed by atoms with E-state index in [1.807, 2.05) is 80.6 Å². The predicted molar refractivity (Wildman–Crippen MR) is 112 cm³/mol. The summed E-state index contributed by atoms with van der Waals surface area (Å²) in [5.74, 6) is -0.335. The lowest BCUT2D eigenvalue weighted by Gasteiger charge is -2.17. The van der Waals surface area contributed by atoms with Gasteiger partial charge in [-0.2, -0.15) is 0 Å². The van der Waals surface area contributed by atoms with Gasteiger partial charge in [-0.05, 0) is 49.8 Å². The molecule has 28 heavy (non-hydrogen) atoms. The molecule has 0 radical (unpaired) electrons. The summed E-state index contributed by atoms with van der Waals surface area (Å²) in [6.07, 6.45) is 1.76. The van der Waals surface area contributed by atoms with E-state index in [2.05, 4.69) is 0 Å². The zero-order valence-corrected chi connectivity index (χ0v) is 15.8. The number of carbonyl (C=O) groups excluding carboxylic acids is 2. The van der Waals surface area contributed by atoms with Gasteiger partial charge >= 0.3 is 6.03 Å². The molecule has 4 rings (SSSR count). The molecule has 3 aromatic rings. The van der Waals surface area contributed by atoms with Crippen molar-refractivity contribution in [2.24, 2.45) is 0 Å². The summed E-state index contributed by atoms with van der Waals surface area (Å²) in [6, 6.07) is 24.1. The number of nitrogens with zero attached hydrogens (tertiary/aromatic N) is 2. The van der Waals surface area contributed by atoms with Gasteiger partial charge in [0.1, 0.15) is 5.70 Å². The second kappa shape index (κ2) is 7.16. The first-order valence-corrected chi connectivity index (χ1v) is 9.13. The lowest BCUT2D eigenvalue weighted by Crippen LogP contribution is -2.32. The predicted octanol–water partition coefficient (Wildman–Crippen LogP) is 5.32. The van der Waals surface area contributed by atoms with Gasteiger partial charge in [-0.15, -0.1) is 0 Å². The highest BCUT2D eigenvalue weighted by Crippen LogP contribution is 2.33. The van der Waals surface area contributed by atoms with Crippen molar-refractivity contribution in [2.75, 3.05) is 9.80 Å². The molecule has 138 valence electrons. The first-order chi connectivity index (χ1) is 13.5. The molecule has 4 nitrogen and oxygen atoms in total. The van der Waals surface area contributed by atoms with E-state index in [0.717, 1.165) is 16.7 Å². The Labute approximate surface area is 164 Å². The molecule has 0 saturated carbocycles. The van der Waals surface area contributed by atoms with E-state index < -0.39 is 0 Å². The first-order valence-electron chi connectivity index (χ1n) is 9.13. The molecule has 1 fully saturated rings. The van der Waals surface area contributed by atoms with Crippen LogP contribution in [-0.2, 0) is 4.79 Å². The second-order valence-electron chi connectivity index (χ2n) is 6.87. The number of hydrogen-bond donors (Lipinski definition) is 0. The summed E-state index contributed by atoms with van der Waals surface area (Å²) in [5, 5.41) is 0. The summed E-state index contributed by atoms with van der Waals surface area (Å²) in [4.78, 5) is 29.2. The molecule has 0 spiro atoms. The molecule has 0 N–H and O–H groups in total. The van der Waals surface area contributed by atoms with Crippen LogP contribution in [0, 0.1) is 13.8 Å². The minimum absolute atomic E-state index is 0.334. The number of rotatable bonds is 3. The zero-order valence-electron chi connectivity index (χ0n) is 15.8. The minimum Gasteiger partial charge on any atom is -0.266 e. The summed E-state index contributed by atoms with van der Waals surface area (Å²) in [6.45, 7) is 3.96. The molecule has 1 saturated heterocycles. The Bertz CT molecular complexity index is 1050. The molecule has 0 aromatic heterocycles. The van der Waals surface area contributed by atoms with Crippen molar-refractivity contribution >= 4 is 29.4 Å². The Balaban J connectivity index is 1.84. The van der Waals surface area contributed by atoms with E-state index >= 15 is 0 Å². The molecule has 3 aromatic carbocycles. The lowest BCUT2D eigenvalue weighted by atomic mass is 10.1. The molecule has 0 bridgehead atoms. The summed E-state index contributed by atoms with van der Waals surface area (Å²) in [7, 11) is 0. The molecule has 1 aliphatic rings. The van der Waals surface area contributed by atoms with Gasteiger partial charge in [0.25, 0.3) is 5.91 Å². The Morgan fingerprint density at radius 3 is 1.68 bits per heavy atom. The van der Waals surface area contributed by atoms with Crippen LogP contribution in [0.3, 0.4) is 0 Å². The SMILES string of the molecule is Cc1ccc(N2C(=O)/C(=C\c3ccccc3)N(c3ccc(C)cc3)C2=O)cc1. The van der Waals surface area contributed by atoms with E-state index in [0.29, 0.717) is 17.1 Å². The standard InChI is InChI=1S/C24H20N2O2/c1-17-8-12-20(13-9-17)25-22(16-19-6-4-3-5-7-19)23(27)26(24(25)28)21-14-10-18(2)11-15-21/h3-16H,1-2H3/b22-16+. The lowest BCUT2D eigenvalue weighted by molar-refractivity contribution is -0.113. The van der Waals surface area contributed by atoms with Crippen LogP contribution in [0.5, 0.6) is 0 Å². The molecular weight excluding hydrogens is 348 g/mol. The topological polar surface area (TPSA) is 40.6 Å². The van der Waals surface area contributed by atoms with Crippen molar-refractivity contribution in [1.82, 2.24) is 0 Å². The molecule has 4 heteroatoms. The summed E-state index contributed by atoms with van der Waals surface area (Å²) in [5.41, 5.74) is 4.58. The van der Waals surface area contributed by atoms with E-state index in [1.54, 1.807) is 18.2 Å². The van der Waals surface area contributed by atoms with Crippen molar-refractivity contribution in [3.05, 3.63) is 101 Å². The highest BCUT2D eigenvalue weighted by molar-refractivity contribution is 6.35. The normalized spacial score (nSPS) is 15.6. The van der Waals surface area contributed by atoms with E-state index in [1.165, 1.54) is 9.80 Å². The molecule has 1 heterocycles. The van der Waals surface area contributed by atoms with Gasteiger partial charge in [0, 0.05) is 0 Å². The number of aryl methyl sites for hydroxylation is 2. The second-order valence-corrected chi connectivity index (χ2v) is 6.87. The van der Waals surface area contributed by atoms with Crippen molar-refractivity contribution in [1.29, 1.82) is 0 Å². The zero-order chi connectivity index (χ0) is 19.7. The highest BCUT2D eigenvalue weighted by atomic mass is 16.2. The minimum atomic E-state index is -0.375. The average Bonchev–Trinajstić information content (AvgIpc) is 2.94. The Morgan fingerprint density at radius 1 is 0.643 bits per heavy atom. The fourth-order valence-electron chi connectivity index (χ4n) is 3.20. The van der Waals surface area contributed by atoms with E-state index in [9.17, 15) is 9.59 Å². The summed E-state index contributed by atoms with van der Waals surface area (Å²) < 4.78 is 0. The number of amides is 3. The van der Waals surface area contributed by atoms with Crippen molar-refractivity contribution in [3.8, 4) is 0 Å². The number of imide groups is 1. The van der Waals surface area contributed by atoms with Gasteiger partial charge in [0.05, 0.1) is 11.4 Å². The van der Waals surface area contributed by atoms with Gasteiger partial charge in [-0.3, -0.25) is 9.69 Å². The van der Waals surface area contributed by atoms with Gasteiger partial charge in [-0.25, -0.2) is 9.69 Å². The largest absolute Gasteiger partial charge is 0.340 e. The number of hydrogen-bond acceptors (Lipinski definition) is 2. The number of carbonyl (C=O) groups is 2. The van der Waals surface area contributed by atoms with Gasteiger partial charge < -0.3 is 0 Å². The fraction of sp³-hybridized carbons (Fsp3) is 0.0833. The van der Waals surface area contributed by atoms with Gasteiger partial charge in [0.15, 0.2) is 0 Å². The van der Waals surface area contributed by atoms with Crippen LogP contribution in [0.15, 0.2) is 84.6 Å². The number of anilines is 2. The third-order valence-electron chi connectivity index (χ3n) is 4.73. The monoisotopic (exact) mass is 368 g/mol. The number of urea groups is 1. The maximum absolute atomic E-state index is 13.3. The Hall–Kier alpha value is -3.66. The number of benzene rings is 3. The first kappa shape index (κ1) is 17.7. The average molecular weight is 368 g/mol. The van der Waals surface area contributed by atoms with E-state index in [4.69, 9.17) is 0 Å². The van der Waals surface area contributed by atoms with Crippen LogP contribution in [0.1, 0.15) is 16.7 Å². The highest BCUT2D eigenvalue weighted by Gasteiger charge is 2.42. The molecule has 0 atom stereocenters. The third kappa shape index (κ3) is 3.21.